The van der Waals surface area contributed by atoms with Crippen LogP contribution in [-0.4, -0.2) is 49.3 Å². The monoisotopic (exact) mass is 609 g/mol. The van der Waals surface area contributed by atoms with E-state index in [2.05, 4.69) is 51.0 Å². The Bertz CT molecular complexity index is 1410. The van der Waals surface area contributed by atoms with Crippen molar-refractivity contribution >= 4 is 25.8 Å². The molecule has 226 valence electrons. The number of likely N-dealkylation sites (N-methyl/N-ethyl adjacent to an activating group) is 1. The first-order valence-electron chi connectivity index (χ1n) is 14.8. The predicted octanol–water partition coefficient (Wildman–Crippen LogP) is 7.15. The summed E-state index contributed by atoms with van der Waals surface area (Å²) in [6.45, 7) is 11.9. The Morgan fingerprint density at radius 1 is 1.07 bits per heavy atom. The fourth-order valence-corrected chi connectivity index (χ4v) is 6.44. The minimum absolute atomic E-state index is 0.0313. The van der Waals surface area contributed by atoms with Crippen LogP contribution in [0.3, 0.4) is 0 Å². The van der Waals surface area contributed by atoms with Crippen LogP contribution in [0.2, 0.25) is 23.2 Å². The maximum Gasteiger partial charge on any atom is 0.294 e. The first-order valence-corrected chi connectivity index (χ1v) is 18.1. The summed E-state index contributed by atoms with van der Waals surface area (Å²) in [5, 5.41) is 0.754. The molecule has 7 nitrogen and oxygen atoms in total. The van der Waals surface area contributed by atoms with Gasteiger partial charge in [-0.25, -0.2) is 4.98 Å². The largest absolute Gasteiger partial charge is 0.481 e. The molecule has 0 bridgehead atoms. The number of hydrogen-bond donors (Lipinski definition) is 1. The topological polar surface area (TPSA) is 84.5 Å². The van der Waals surface area contributed by atoms with Crippen LogP contribution < -0.4 is 10.3 Å². The smallest absolute Gasteiger partial charge is 0.294 e. The molecule has 1 aliphatic rings. The van der Waals surface area contributed by atoms with Crippen molar-refractivity contribution < 1.29 is 14.0 Å². The molecule has 1 amide bonds. The average Bonchev–Trinajstić information content (AvgIpc) is 3.41. The number of carbonyl (C=O) groups excluding carboxylic acids is 1. The van der Waals surface area contributed by atoms with Crippen LogP contribution in [-0.2, 0) is 22.9 Å². The summed E-state index contributed by atoms with van der Waals surface area (Å²) in [7, 11) is -0.256. The summed E-state index contributed by atoms with van der Waals surface area (Å²) >= 11 is 6.18. The number of H-pyrrole nitrogens is 1. The molecule has 1 aromatic heterocycles. The maximum absolute atomic E-state index is 13.8. The second-order valence-electron chi connectivity index (χ2n) is 13.0. The molecule has 1 aliphatic carbocycles. The van der Waals surface area contributed by atoms with E-state index in [-0.39, 0.29) is 34.4 Å². The van der Waals surface area contributed by atoms with Crippen molar-refractivity contribution in [3.05, 3.63) is 92.6 Å². The van der Waals surface area contributed by atoms with Gasteiger partial charge in [0.15, 0.2) is 14.0 Å². The average molecular weight is 610 g/mol. The lowest BCUT2D eigenvalue weighted by molar-refractivity contribution is 0.0757. The summed E-state index contributed by atoms with van der Waals surface area (Å²) < 4.78 is 12.3. The normalized spacial score (nSPS) is 15.0. The Kier molecular flexibility index (Phi) is 10.0. The maximum atomic E-state index is 13.8. The lowest BCUT2D eigenvalue weighted by Crippen LogP contribution is -2.43. The van der Waals surface area contributed by atoms with Gasteiger partial charge in [0, 0.05) is 30.5 Å². The highest BCUT2D eigenvalue weighted by Crippen LogP contribution is 2.43. The fraction of sp³-hybridized carbons (Fsp3) is 0.485. The summed E-state index contributed by atoms with van der Waals surface area (Å²) in [6, 6.07) is 17.5. The molecule has 1 heterocycles. The fourth-order valence-electron chi connectivity index (χ4n) is 5.28. The number of ether oxygens (including phenoxy) is 1. The van der Waals surface area contributed by atoms with Gasteiger partial charge in [-0.1, -0.05) is 87.7 Å². The molecule has 4 rings (SSSR count). The van der Waals surface area contributed by atoms with Crippen molar-refractivity contribution in [1.29, 1.82) is 0 Å². The van der Waals surface area contributed by atoms with Gasteiger partial charge in [-0.05, 0) is 54.2 Å². The molecule has 0 spiro atoms. The van der Waals surface area contributed by atoms with Crippen molar-refractivity contribution in [2.75, 3.05) is 20.2 Å². The second kappa shape index (κ2) is 13.1. The molecule has 0 atom stereocenters. The van der Waals surface area contributed by atoms with Gasteiger partial charge in [-0.2, -0.15) is 0 Å². The second-order valence-corrected chi connectivity index (χ2v) is 18.2. The van der Waals surface area contributed by atoms with Gasteiger partial charge in [-0.3, -0.25) is 9.59 Å². The van der Waals surface area contributed by atoms with Crippen LogP contribution >= 0.6 is 11.6 Å². The number of nitrogens with one attached hydrogen (secondary N) is 1. The number of amides is 1. The van der Waals surface area contributed by atoms with E-state index >= 15 is 0 Å². The van der Waals surface area contributed by atoms with E-state index in [4.69, 9.17) is 25.7 Å². The van der Waals surface area contributed by atoms with Crippen molar-refractivity contribution in [2.24, 2.45) is 0 Å². The van der Waals surface area contributed by atoms with Crippen LogP contribution in [0, 0.1) is 0 Å². The molecule has 0 unspecified atom stereocenters. The van der Waals surface area contributed by atoms with E-state index in [0.717, 1.165) is 31.2 Å². The highest BCUT2D eigenvalue weighted by atomic mass is 35.5. The summed E-state index contributed by atoms with van der Waals surface area (Å²) in [5.41, 5.74) is 1.46. The van der Waals surface area contributed by atoms with Crippen molar-refractivity contribution in [3.63, 3.8) is 0 Å². The Balaban J connectivity index is 1.63. The Morgan fingerprint density at radius 2 is 1.71 bits per heavy atom. The third kappa shape index (κ3) is 7.52. The van der Waals surface area contributed by atoms with E-state index in [0.29, 0.717) is 30.4 Å². The van der Waals surface area contributed by atoms with Crippen molar-refractivity contribution in [3.8, 4) is 5.75 Å². The number of nitrogens with zero attached hydrogens (tertiary/aromatic N) is 2. The molecule has 0 radical (unpaired) electrons. The molecule has 1 saturated carbocycles. The third-order valence-corrected chi connectivity index (χ3v) is 13.7. The molecule has 1 fully saturated rings. The van der Waals surface area contributed by atoms with Crippen molar-refractivity contribution in [2.45, 2.75) is 83.0 Å². The van der Waals surface area contributed by atoms with Gasteiger partial charge in [0.05, 0.1) is 6.61 Å². The minimum Gasteiger partial charge on any atom is -0.481 e. The van der Waals surface area contributed by atoms with Gasteiger partial charge >= 0.3 is 0 Å². The summed E-state index contributed by atoms with van der Waals surface area (Å²) in [5.74, 6) is 0.0612. The first kappa shape index (κ1) is 32.0. The van der Waals surface area contributed by atoms with E-state index in [9.17, 15) is 9.59 Å². The number of aromatic amines is 1. The van der Waals surface area contributed by atoms with Crippen molar-refractivity contribution in [1.82, 2.24) is 14.9 Å². The molecule has 3 aromatic rings. The molecule has 0 aliphatic heterocycles. The number of rotatable bonds is 11. The summed E-state index contributed by atoms with van der Waals surface area (Å²) in [4.78, 5) is 36.6. The highest BCUT2D eigenvalue weighted by Gasteiger charge is 2.38. The molecule has 0 saturated heterocycles. The zero-order chi connectivity index (χ0) is 30.5. The quantitative estimate of drug-likeness (QED) is 0.233. The molecular weight excluding hydrogens is 566 g/mol. The number of carbonyl (C=O) groups is 1. The zero-order valence-corrected chi connectivity index (χ0v) is 27.5. The zero-order valence-electron chi connectivity index (χ0n) is 25.8. The number of aromatic nitrogens is 2. The van der Waals surface area contributed by atoms with E-state index in [1.54, 1.807) is 11.9 Å². The van der Waals surface area contributed by atoms with Crippen LogP contribution in [0.25, 0.3) is 0 Å². The van der Waals surface area contributed by atoms with E-state index in [1.165, 1.54) is 5.56 Å². The summed E-state index contributed by atoms with van der Waals surface area (Å²) in [6.07, 6.45) is 4.64. The Morgan fingerprint density at radius 3 is 2.33 bits per heavy atom. The number of hydrogen-bond acceptors (Lipinski definition) is 5. The van der Waals surface area contributed by atoms with Crippen LogP contribution in [0.5, 0.6) is 5.75 Å². The molecular formula is C33H44ClN3O4Si. The number of halogens is 1. The van der Waals surface area contributed by atoms with Gasteiger partial charge < -0.3 is 19.0 Å². The third-order valence-electron chi connectivity index (χ3n) is 8.92. The lowest BCUT2D eigenvalue weighted by atomic mass is 9.76. The van der Waals surface area contributed by atoms with Crippen LogP contribution in [0.15, 0.2) is 59.4 Å². The molecule has 9 heteroatoms. The molecule has 42 heavy (non-hydrogen) atoms. The van der Waals surface area contributed by atoms with Crippen LogP contribution in [0.1, 0.15) is 73.9 Å². The van der Waals surface area contributed by atoms with E-state index < -0.39 is 13.9 Å². The molecule has 1 N–H and O–H groups in total. The Labute approximate surface area is 255 Å². The number of benzene rings is 2. The predicted molar refractivity (Wildman–Crippen MR) is 171 cm³/mol. The Hall–Kier alpha value is -2.94. The van der Waals surface area contributed by atoms with Crippen LogP contribution in [0.4, 0.5) is 0 Å². The standard InChI is InChI=1S/C33H44ClN3O4Si/c1-32(2,3)42(5,6)41-21-20-37(4)31(39)28-29(40-23-24-12-8-7-9-13-24)30(38)36-27(35-28)22-33(18-10-11-19-33)25-14-16-26(34)17-15-25/h7-9,12-17H,10-11,18-23H2,1-6H3,(H,35,36,38). The highest BCUT2D eigenvalue weighted by molar-refractivity contribution is 6.74. The van der Waals surface area contributed by atoms with Gasteiger partial charge in [0.25, 0.3) is 11.5 Å². The van der Waals surface area contributed by atoms with Gasteiger partial charge in [-0.15, -0.1) is 0 Å². The molecule has 2 aromatic carbocycles. The SMILES string of the molecule is CN(CCO[Si](C)(C)C(C)(C)C)C(=O)c1nc(CC2(c3ccc(Cl)cc3)CCCC2)[nH]c(=O)c1OCc1ccccc1. The van der Waals surface area contributed by atoms with E-state index in [1.807, 2.05) is 42.5 Å². The van der Waals surface area contributed by atoms with Gasteiger partial charge in [0.2, 0.25) is 5.75 Å². The first-order chi connectivity index (χ1) is 19.8. The van der Waals surface area contributed by atoms with Gasteiger partial charge in [0.1, 0.15) is 12.4 Å². The lowest BCUT2D eigenvalue weighted by Gasteiger charge is -2.36. The minimum atomic E-state index is -1.97.